The molecule has 0 aliphatic carbocycles. The predicted molar refractivity (Wildman–Crippen MR) is 71.2 cm³/mol. The average Bonchev–Trinajstić information content (AvgIpc) is 2.81. The molecule has 1 aromatic carbocycles. The molecule has 1 aliphatic heterocycles. The van der Waals surface area contributed by atoms with Crippen LogP contribution in [0.4, 0.5) is 4.39 Å². The number of hydrogen-bond donors (Lipinski definition) is 1. The lowest BCUT2D eigenvalue weighted by Crippen LogP contribution is -2.12. The van der Waals surface area contributed by atoms with Crippen LogP contribution in [0.25, 0.3) is 0 Å². The molecule has 2 rings (SSSR count). The van der Waals surface area contributed by atoms with Gasteiger partial charge in [0.25, 0.3) is 0 Å². The summed E-state index contributed by atoms with van der Waals surface area (Å²) in [5.41, 5.74) is 6.91. The second kappa shape index (κ2) is 6.50. The summed E-state index contributed by atoms with van der Waals surface area (Å²) in [5.74, 6) is -0.324. The fourth-order valence-corrected chi connectivity index (χ4v) is 2.70. The molecule has 0 aromatic heterocycles. The quantitative estimate of drug-likeness (QED) is 0.883. The lowest BCUT2D eigenvalue weighted by molar-refractivity contribution is 0.101. The van der Waals surface area contributed by atoms with Crippen molar-refractivity contribution in [3.05, 3.63) is 34.6 Å². The molecule has 2 nitrogen and oxygen atoms in total. The molecule has 1 aromatic rings. The molecule has 1 fully saturated rings. The molecule has 1 heterocycles. The van der Waals surface area contributed by atoms with Crippen LogP contribution in [0.2, 0.25) is 5.02 Å². The van der Waals surface area contributed by atoms with Gasteiger partial charge in [0.15, 0.2) is 0 Å². The topological polar surface area (TPSA) is 35.2 Å². The largest absolute Gasteiger partial charge is 0.378 e. The zero-order valence-corrected chi connectivity index (χ0v) is 11.1. The van der Waals surface area contributed by atoms with E-state index in [4.69, 9.17) is 22.1 Å². The van der Waals surface area contributed by atoms with E-state index in [-0.39, 0.29) is 11.9 Å². The Kier molecular flexibility index (Phi) is 4.98. The summed E-state index contributed by atoms with van der Waals surface area (Å²) in [6.45, 7) is 0.889. The van der Waals surface area contributed by atoms with Gasteiger partial charge in [-0.2, -0.15) is 0 Å². The Balaban J connectivity index is 1.81. The molecule has 2 N–H and O–H groups in total. The van der Waals surface area contributed by atoms with E-state index in [9.17, 15) is 4.39 Å². The van der Waals surface area contributed by atoms with Crippen molar-refractivity contribution in [3.63, 3.8) is 0 Å². The first-order valence-corrected chi connectivity index (χ1v) is 6.87. The second-order valence-electron chi connectivity index (χ2n) is 4.84. The van der Waals surface area contributed by atoms with Crippen LogP contribution in [0.3, 0.4) is 0 Å². The van der Waals surface area contributed by atoms with Gasteiger partial charge in [0, 0.05) is 17.7 Å². The molecule has 18 heavy (non-hydrogen) atoms. The number of hydrogen-bond acceptors (Lipinski definition) is 2. The molecule has 0 radical (unpaired) electrons. The van der Waals surface area contributed by atoms with Crippen LogP contribution >= 0.6 is 11.6 Å². The molecule has 2 unspecified atom stereocenters. The summed E-state index contributed by atoms with van der Waals surface area (Å²) in [7, 11) is 0. The molecule has 1 aliphatic rings. The van der Waals surface area contributed by atoms with E-state index in [1.807, 2.05) is 0 Å². The first-order valence-electron chi connectivity index (χ1n) is 6.49. The summed E-state index contributed by atoms with van der Waals surface area (Å²) < 4.78 is 18.5. The van der Waals surface area contributed by atoms with Crippen LogP contribution < -0.4 is 5.73 Å². The number of rotatable bonds is 5. The molecule has 0 spiro atoms. The highest BCUT2D eigenvalue weighted by molar-refractivity contribution is 6.31. The normalized spacial score (nSPS) is 21.2. The summed E-state index contributed by atoms with van der Waals surface area (Å²) in [4.78, 5) is 0. The van der Waals surface area contributed by atoms with Crippen molar-refractivity contribution in [2.24, 2.45) is 5.73 Å². The summed E-state index contributed by atoms with van der Waals surface area (Å²) in [5, 5.41) is 0.416. The van der Waals surface area contributed by atoms with Gasteiger partial charge in [-0.3, -0.25) is 0 Å². The van der Waals surface area contributed by atoms with Crippen LogP contribution in [-0.4, -0.2) is 12.7 Å². The zero-order chi connectivity index (χ0) is 13.0. The highest BCUT2D eigenvalue weighted by atomic mass is 35.5. The lowest BCUT2D eigenvalue weighted by Gasteiger charge is -2.15. The highest BCUT2D eigenvalue weighted by Gasteiger charge is 2.16. The first-order chi connectivity index (χ1) is 8.66. The van der Waals surface area contributed by atoms with Crippen molar-refractivity contribution < 1.29 is 9.13 Å². The third-order valence-electron chi connectivity index (χ3n) is 3.43. The predicted octanol–water partition coefficient (Wildman–Crippen LogP) is 3.83. The minimum atomic E-state index is -0.324. The van der Waals surface area contributed by atoms with E-state index in [0.29, 0.717) is 11.1 Å². The molecule has 0 saturated carbocycles. The molecule has 2 atom stereocenters. The zero-order valence-electron chi connectivity index (χ0n) is 10.4. The van der Waals surface area contributed by atoms with E-state index in [2.05, 4.69) is 0 Å². The summed E-state index contributed by atoms with van der Waals surface area (Å²) in [6.07, 6.45) is 5.64. The van der Waals surface area contributed by atoms with E-state index in [0.717, 1.165) is 37.9 Å². The van der Waals surface area contributed by atoms with E-state index >= 15 is 0 Å². The van der Waals surface area contributed by atoms with Crippen molar-refractivity contribution >= 4 is 11.6 Å². The maximum Gasteiger partial charge on any atom is 0.124 e. The fraction of sp³-hybridized carbons (Fsp3) is 0.571. The number of nitrogens with two attached hydrogens (primary N) is 1. The standard InChI is InChI=1S/C14H19ClFNO/c15-13-9-10(16)6-7-12(13)14(17)5-1-3-11-4-2-8-18-11/h6-7,9,11,14H,1-5,8,17H2. The maximum absolute atomic E-state index is 12.9. The molecule has 0 bridgehead atoms. The minimum Gasteiger partial charge on any atom is -0.378 e. The van der Waals surface area contributed by atoms with Crippen molar-refractivity contribution in [1.29, 1.82) is 0 Å². The van der Waals surface area contributed by atoms with Crippen molar-refractivity contribution in [2.75, 3.05) is 6.61 Å². The van der Waals surface area contributed by atoms with Gasteiger partial charge < -0.3 is 10.5 Å². The van der Waals surface area contributed by atoms with Crippen molar-refractivity contribution in [1.82, 2.24) is 0 Å². The Labute approximate surface area is 112 Å². The Bertz CT molecular complexity index is 393. The highest BCUT2D eigenvalue weighted by Crippen LogP contribution is 2.27. The van der Waals surface area contributed by atoms with Gasteiger partial charge in [-0.05, 0) is 49.8 Å². The molecule has 1 saturated heterocycles. The van der Waals surface area contributed by atoms with Gasteiger partial charge >= 0.3 is 0 Å². The SMILES string of the molecule is NC(CCCC1CCCO1)c1ccc(F)cc1Cl. The van der Waals surface area contributed by atoms with Crippen molar-refractivity contribution in [2.45, 2.75) is 44.2 Å². The van der Waals surface area contributed by atoms with Gasteiger partial charge in [-0.1, -0.05) is 17.7 Å². The molecular weight excluding hydrogens is 253 g/mol. The van der Waals surface area contributed by atoms with Crippen molar-refractivity contribution in [3.8, 4) is 0 Å². The van der Waals surface area contributed by atoms with Crippen LogP contribution in [0, 0.1) is 5.82 Å². The molecule has 0 amide bonds. The fourth-order valence-electron chi connectivity index (χ4n) is 2.40. The molecular formula is C14H19ClFNO. The Morgan fingerprint density at radius 1 is 1.50 bits per heavy atom. The third kappa shape index (κ3) is 3.67. The monoisotopic (exact) mass is 271 g/mol. The minimum absolute atomic E-state index is 0.125. The number of halogens is 2. The Morgan fingerprint density at radius 3 is 3.00 bits per heavy atom. The smallest absolute Gasteiger partial charge is 0.124 e. The van der Waals surface area contributed by atoms with E-state index < -0.39 is 0 Å². The maximum atomic E-state index is 12.9. The van der Waals surface area contributed by atoms with Crippen LogP contribution in [0.1, 0.15) is 43.7 Å². The summed E-state index contributed by atoms with van der Waals surface area (Å²) >= 11 is 5.99. The average molecular weight is 272 g/mol. The number of ether oxygens (including phenoxy) is 1. The van der Waals surface area contributed by atoms with E-state index in [1.54, 1.807) is 6.07 Å². The number of benzene rings is 1. The van der Waals surface area contributed by atoms with Crippen LogP contribution in [0.5, 0.6) is 0 Å². The third-order valence-corrected chi connectivity index (χ3v) is 3.75. The lowest BCUT2D eigenvalue weighted by atomic mass is 10.00. The van der Waals surface area contributed by atoms with Gasteiger partial charge in [-0.15, -0.1) is 0 Å². The Morgan fingerprint density at radius 2 is 2.33 bits per heavy atom. The Hall–Kier alpha value is -0.640. The van der Waals surface area contributed by atoms with Crippen LogP contribution in [0.15, 0.2) is 18.2 Å². The molecule has 4 heteroatoms. The second-order valence-corrected chi connectivity index (χ2v) is 5.25. The van der Waals surface area contributed by atoms with Gasteiger partial charge in [0.2, 0.25) is 0 Å². The molecule has 100 valence electrons. The van der Waals surface area contributed by atoms with Gasteiger partial charge in [-0.25, -0.2) is 4.39 Å². The van der Waals surface area contributed by atoms with Gasteiger partial charge in [0.1, 0.15) is 5.82 Å². The van der Waals surface area contributed by atoms with E-state index in [1.165, 1.54) is 18.6 Å². The summed E-state index contributed by atoms with van der Waals surface area (Å²) in [6, 6.07) is 4.27. The van der Waals surface area contributed by atoms with Crippen LogP contribution in [-0.2, 0) is 4.74 Å². The first kappa shape index (κ1) is 13.8. The van der Waals surface area contributed by atoms with Gasteiger partial charge in [0.05, 0.1) is 6.10 Å².